The maximum Gasteiger partial charge on any atom is 0.319 e. The molecule has 2 aliphatic heterocycles. The van der Waals surface area contributed by atoms with Crippen LogP contribution in [-0.4, -0.2) is 90.7 Å². The first-order valence-electron chi connectivity index (χ1n) is 15.0. The lowest BCUT2D eigenvalue weighted by Crippen LogP contribution is -2.41. The minimum absolute atomic E-state index is 0.00436. The van der Waals surface area contributed by atoms with Gasteiger partial charge in [-0.25, -0.2) is 8.78 Å². The summed E-state index contributed by atoms with van der Waals surface area (Å²) in [4.78, 5) is 18.2. The van der Waals surface area contributed by atoms with Gasteiger partial charge in [0.1, 0.15) is 28.6 Å². The zero-order chi connectivity index (χ0) is 30.3. The average Bonchev–Trinajstić information content (AvgIpc) is 3.84. The SMILES string of the molecule is C#Cc1c(F)ccc2cc(O)cc(-c3ncc4c(N5CCCOCC5)nc(OCC5(CN6CCOCC6)CC5)nc4c3F)c12. The van der Waals surface area contributed by atoms with Crippen molar-refractivity contribution in [2.24, 2.45) is 5.41 Å². The lowest BCUT2D eigenvalue weighted by Gasteiger charge is -2.30. The van der Waals surface area contributed by atoms with Crippen molar-refractivity contribution in [2.75, 3.05) is 70.7 Å². The molecule has 228 valence electrons. The van der Waals surface area contributed by atoms with E-state index >= 15 is 4.39 Å². The summed E-state index contributed by atoms with van der Waals surface area (Å²) in [6, 6.07) is 5.60. The number of terminal acetylenes is 1. The summed E-state index contributed by atoms with van der Waals surface area (Å²) in [5.74, 6) is 1.40. The molecule has 4 aromatic rings. The Morgan fingerprint density at radius 3 is 2.61 bits per heavy atom. The number of pyridine rings is 1. The molecule has 2 aromatic heterocycles. The molecule has 9 nitrogen and oxygen atoms in total. The predicted octanol–water partition coefficient (Wildman–Crippen LogP) is 4.53. The Morgan fingerprint density at radius 1 is 1.02 bits per heavy atom. The van der Waals surface area contributed by atoms with Crippen LogP contribution in [-0.2, 0) is 9.47 Å². The van der Waals surface area contributed by atoms with Gasteiger partial charge >= 0.3 is 6.01 Å². The van der Waals surface area contributed by atoms with Crippen molar-refractivity contribution in [3.63, 3.8) is 0 Å². The third-order valence-electron chi connectivity index (χ3n) is 8.74. The number of rotatable bonds is 7. The van der Waals surface area contributed by atoms with Crippen LogP contribution in [0.4, 0.5) is 14.6 Å². The summed E-state index contributed by atoms with van der Waals surface area (Å²) in [6.07, 6.45) is 10.0. The predicted molar refractivity (Wildman–Crippen MR) is 162 cm³/mol. The molecule has 2 aromatic carbocycles. The van der Waals surface area contributed by atoms with Crippen molar-refractivity contribution in [2.45, 2.75) is 19.3 Å². The molecule has 0 radical (unpaired) electrons. The van der Waals surface area contributed by atoms with Gasteiger partial charge in [-0.15, -0.1) is 6.42 Å². The number of benzene rings is 2. The number of aromatic nitrogens is 3. The van der Waals surface area contributed by atoms with Crippen molar-refractivity contribution in [1.29, 1.82) is 0 Å². The second kappa shape index (κ2) is 11.8. The van der Waals surface area contributed by atoms with E-state index in [1.807, 2.05) is 4.90 Å². The Balaban J connectivity index is 1.32. The van der Waals surface area contributed by atoms with Crippen LogP contribution < -0.4 is 9.64 Å². The highest BCUT2D eigenvalue weighted by atomic mass is 19.1. The highest BCUT2D eigenvalue weighted by molar-refractivity contribution is 6.03. The number of halogens is 2. The van der Waals surface area contributed by atoms with Crippen LogP contribution in [0, 0.1) is 29.4 Å². The number of aromatic hydroxyl groups is 1. The molecule has 11 heteroatoms. The van der Waals surface area contributed by atoms with E-state index in [1.165, 1.54) is 30.5 Å². The molecule has 1 saturated carbocycles. The number of ether oxygens (including phenoxy) is 3. The zero-order valence-electron chi connectivity index (χ0n) is 24.3. The number of hydrogen-bond donors (Lipinski definition) is 1. The molecule has 1 aliphatic carbocycles. The molecule has 1 N–H and O–H groups in total. The van der Waals surface area contributed by atoms with Crippen LogP contribution in [0.2, 0.25) is 0 Å². The summed E-state index contributed by atoms with van der Waals surface area (Å²) in [6.45, 7) is 6.94. The van der Waals surface area contributed by atoms with Crippen molar-refractivity contribution in [3.8, 4) is 35.4 Å². The van der Waals surface area contributed by atoms with E-state index in [4.69, 9.17) is 25.6 Å². The monoisotopic (exact) mass is 601 g/mol. The van der Waals surface area contributed by atoms with E-state index in [9.17, 15) is 9.50 Å². The fourth-order valence-corrected chi connectivity index (χ4v) is 6.20. The minimum Gasteiger partial charge on any atom is -0.508 e. The van der Waals surface area contributed by atoms with Crippen molar-refractivity contribution >= 4 is 27.5 Å². The molecular formula is C33H33F2N5O4. The molecule has 0 unspecified atom stereocenters. The summed E-state index contributed by atoms with van der Waals surface area (Å²) in [7, 11) is 0. The number of phenols is 1. The zero-order valence-corrected chi connectivity index (χ0v) is 24.3. The summed E-state index contributed by atoms with van der Waals surface area (Å²) >= 11 is 0. The minimum atomic E-state index is -0.740. The maximum absolute atomic E-state index is 16.7. The van der Waals surface area contributed by atoms with Crippen LogP contribution >= 0.6 is 0 Å². The third-order valence-corrected chi connectivity index (χ3v) is 8.74. The topological polar surface area (TPSA) is 93.1 Å². The van der Waals surface area contributed by atoms with Gasteiger partial charge < -0.3 is 24.2 Å². The van der Waals surface area contributed by atoms with Gasteiger partial charge in [0.2, 0.25) is 0 Å². The molecule has 0 spiro atoms. The molecule has 0 amide bonds. The first-order valence-corrected chi connectivity index (χ1v) is 15.0. The number of nitrogens with zero attached hydrogens (tertiary/aromatic N) is 5. The normalized spacial score (nSPS) is 18.7. The van der Waals surface area contributed by atoms with E-state index in [-0.39, 0.29) is 44.9 Å². The van der Waals surface area contributed by atoms with E-state index < -0.39 is 11.6 Å². The Labute approximate surface area is 253 Å². The molecule has 44 heavy (non-hydrogen) atoms. The van der Waals surface area contributed by atoms with Crippen molar-refractivity contribution < 1.29 is 28.1 Å². The largest absolute Gasteiger partial charge is 0.508 e. The molecule has 3 fully saturated rings. The Kier molecular flexibility index (Phi) is 7.66. The standard InChI is InChI=1S/C33H33F2N5O4/c1-2-23-26(34)5-4-21-16-22(41)17-24(27(21)23)29-28(35)30-25(18-36-29)31(40-8-3-12-42-15-11-40)38-32(37-30)44-20-33(6-7-33)19-39-9-13-43-14-10-39/h1,4-5,16-18,41H,3,6-15,19-20H2. The smallest absolute Gasteiger partial charge is 0.319 e. The van der Waals surface area contributed by atoms with Crippen LogP contribution in [0.25, 0.3) is 32.9 Å². The fraction of sp³-hybridized carbons (Fsp3) is 0.424. The third kappa shape index (κ3) is 5.49. The summed E-state index contributed by atoms with van der Waals surface area (Å²) < 4.78 is 48.8. The molecule has 2 saturated heterocycles. The molecule has 7 rings (SSSR count). The Bertz CT molecular complexity index is 1760. The van der Waals surface area contributed by atoms with E-state index in [0.29, 0.717) is 49.5 Å². The summed E-state index contributed by atoms with van der Waals surface area (Å²) in [5, 5.41) is 11.7. The lowest BCUT2D eigenvalue weighted by molar-refractivity contribution is 0.0231. The fourth-order valence-electron chi connectivity index (χ4n) is 6.20. The average molecular weight is 602 g/mol. The van der Waals surface area contributed by atoms with Gasteiger partial charge in [0.05, 0.1) is 37.4 Å². The van der Waals surface area contributed by atoms with E-state index in [1.54, 1.807) is 0 Å². The molecule has 3 aliphatic rings. The van der Waals surface area contributed by atoms with Gasteiger partial charge in [-0.1, -0.05) is 12.0 Å². The first kappa shape index (κ1) is 28.6. The highest BCUT2D eigenvalue weighted by Crippen LogP contribution is 2.47. The van der Waals surface area contributed by atoms with Gasteiger partial charge in [-0.05, 0) is 42.8 Å². The van der Waals surface area contributed by atoms with Crippen molar-refractivity contribution in [3.05, 3.63) is 47.7 Å². The van der Waals surface area contributed by atoms with Crippen LogP contribution in [0.1, 0.15) is 24.8 Å². The summed E-state index contributed by atoms with van der Waals surface area (Å²) in [5.41, 5.74) is 0.0465. The Morgan fingerprint density at radius 2 is 1.82 bits per heavy atom. The van der Waals surface area contributed by atoms with E-state index in [0.717, 1.165) is 52.1 Å². The first-order chi connectivity index (χ1) is 21.4. The van der Waals surface area contributed by atoms with Crippen LogP contribution in [0.3, 0.4) is 0 Å². The van der Waals surface area contributed by atoms with Gasteiger partial charge in [0, 0.05) is 61.9 Å². The lowest BCUT2D eigenvalue weighted by atomic mass is 9.96. The van der Waals surface area contributed by atoms with Crippen LogP contribution in [0.5, 0.6) is 11.8 Å². The molecule has 4 heterocycles. The quantitative estimate of drug-likeness (QED) is 0.307. The van der Waals surface area contributed by atoms with Gasteiger partial charge in [-0.3, -0.25) is 9.88 Å². The molecular weight excluding hydrogens is 568 g/mol. The van der Waals surface area contributed by atoms with E-state index in [2.05, 4.69) is 20.8 Å². The number of anilines is 1. The highest BCUT2D eigenvalue weighted by Gasteiger charge is 2.45. The number of hydrogen-bond acceptors (Lipinski definition) is 9. The second-order valence-electron chi connectivity index (χ2n) is 11.8. The van der Waals surface area contributed by atoms with Gasteiger partial charge in [0.15, 0.2) is 5.82 Å². The van der Waals surface area contributed by atoms with Gasteiger partial charge in [-0.2, -0.15) is 9.97 Å². The number of fused-ring (bicyclic) bond motifs is 2. The second-order valence-corrected chi connectivity index (χ2v) is 11.8. The molecule has 0 atom stereocenters. The Hall–Kier alpha value is -4.11. The molecule has 0 bridgehead atoms. The van der Waals surface area contributed by atoms with Crippen LogP contribution in [0.15, 0.2) is 30.5 Å². The van der Waals surface area contributed by atoms with Crippen molar-refractivity contribution in [1.82, 2.24) is 19.9 Å². The maximum atomic E-state index is 16.7. The number of morpholine rings is 1. The number of phenolic OH excluding ortho intramolecular Hbond substituents is 1. The van der Waals surface area contributed by atoms with Gasteiger partial charge in [0.25, 0.3) is 0 Å².